The Labute approximate surface area is 134 Å². The molecule has 0 atom stereocenters. The molecule has 0 aliphatic rings. The molecule has 0 saturated heterocycles. The van der Waals surface area contributed by atoms with E-state index in [-0.39, 0.29) is 40.0 Å². The van der Waals surface area contributed by atoms with Crippen molar-refractivity contribution >= 4 is 23.1 Å². The maximum atomic E-state index is 5.63. The van der Waals surface area contributed by atoms with Gasteiger partial charge in [0.1, 0.15) is 6.61 Å². The van der Waals surface area contributed by atoms with Gasteiger partial charge < -0.3 is 26.5 Å². The second-order valence-electron chi connectivity index (χ2n) is 3.34. The van der Waals surface area contributed by atoms with Crippen LogP contribution < -0.4 is 26.5 Å². The van der Waals surface area contributed by atoms with Crippen LogP contribution in [0.3, 0.4) is 0 Å². The van der Waals surface area contributed by atoms with Gasteiger partial charge in [0.25, 0.3) is 0 Å². The van der Waals surface area contributed by atoms with Gasteiger partial charge in [0.15, 0.2) is 0 Å². The molecule has 2 nitrogen and oxygen atoms in total. The van der Waals surface area contributed by atoms with E-state index in [9.17, 15) is 0 Å². The summed E-state index contributed by atoms with van der Waals surface area (Å²) >= 11 is 0. The number of rotatable bonds is 4. The van der Waals surface area contributed by atoms with Crippen LogP contribution in [0, 0.1) is 6.07 Å². The molecule has 0 unspecified atom stereocenters. The van der Waals surface area contributed by atoms with Crippen LogP contribution in [0.25, 0.3) is 0 Å². The van der Waals surface area contributed by atoms with Crippen LogP contribution in [0.15, 0.2) is 48.5 Å². The molecule has 2 aromatic carbocycles. The van der Waals surface area contributed by atoms with E-state index in [1.807, 2.05) is 48.5 Å². The van der Waals surface area contributed by atoms with Crippen molar-refractivity contribution in [1.29, 1.82) is 0 Å². The number of methoxy groups -OCH3 is 1. The van der Waals surface area contributed by atoms with E-state index in [1.165, 1.54) is 0 Å². The second kappa shape index (κ2) is 9.25. The normalized spacial score (nSPS) is 8.72. The quantitative estimate of drug-likeness (QED) is 0.569. The zero-order chi connectivity index (χ0) is 11.2. The predicted octanol–water partition coefficient (Wildman–Crippen LogP) is -0.302. The Balaban J connectivity index is 0.00000144. The summed E-state index contributed by atoms with van der Waals surface area (Å²) in [6, 6.07) is 18.6. The van der Waals surface area contributed by atoms with Crippen molar-refractivity contribution in [3.8, 4) is 11.5 Å². The smallest absolute Gasteiger partial charge is 1.00 e. The third-order valence-corrected chi connectivity index (χ3v) is 2.23. The maximum absolute atomic E-state index is 5.63. The minimum atomic E-state index is 0. The Morgan fingerprint density at radius 3 is 2.44 bits per heavy atom. The molecule has 2 aromatic rings. The molecule has 2 rings (SSSR count). The fourth-order valence-corrected chi connectivity index (χ4v) is 1.41. The summed E-state index contributed by atoms with van der Waals surface area (Å²) < 4.78 is 10.8. The minimum Gasteiger partial charge on any atom is -1.00 e. The number of halogens is 1. The molecule has 0 fully saturated rings. The van der Waals surface area contributed by atoms with Crippen molar-refractivity contribution in [3.05, 3.63) is 60.2 Å². The second-order valence-corrected chi connectivity index (χ2v) is 3.34. The molecule has 90 valence electrons. The fraction of sp³-hybridized carbons (Fsp3) is 0.143. The van der Waals surface area contributed by atoms with Gasteiger partial charge in [-0.3, -0.25) is 0 Å². The van der Waals surface area contributed by atoms with E-state index in [0.29, 0.717) is 18.1 Å². The monoisotopic (exact) mass is 316 g/mol. The van der Waals surface area contributed by atoms with Crippen LogP contribution in [0.1, 0.15) is 5.56 Å². The summed E-state index contributed by atoms with van der Waals surface area (Å²) in [6.45, 7) is 0.526. The van der Waals surface area contributed by atoms with E-state index in [0.717, 1.165) is 5.56 Å². The molecule has 18 heavy (non-hydrogen) atoms. The molecule has 0 aromatic heterocycles. The molecule has 0 amide bonds. The fourth-order valence-electron chi connectivity index (χ4n) is 1.41. The van der Waals surface area contributed by atoms with Crippen LogP contribution >= 0.6 is 0 Å². The van der Waals surface area contributed by atoms with Crippen molar-refractivity contribution in [2.24, 2.45) is 0 Å². The topological polar surface area (TPSA) is 18.5 Å². The van der Waals surface area contributed by atoms with Crippen LogP contribution in [0.5, 0.6) is 11.5 Å². The molecule has 4 heteroatoms. The molecule has 0 aliphatic heterocycles. The zero-order valence-corrected chi connectivity index (χ0v) is 13.2. The van der Waals surface area contributed by atoms with Crippen LogP contribution in [0.4, 0.5) is 0 Å². The standard InChI is InChI=1S/C14H13O2.BrH.Mg/c1-15-13-9-5-6-10-14(13)16-11-12-7-3-2-4-8-12;;/h2-9H,11H2,1H3;1H;/q-1;;+2/p-1. The Kier molecular flexibility index (Phi) is 8.88. The Morgan fingerprint density at radius 1 is 1.06 bits per heavy atom. The van der Waals surface area contributed by atoms with Crippen molar-refractivity contribution < 1.29 is 26.5 Å². The van der Waals surface area contributed by atoms with E-state index in [2.05, 4.69) is 6.07 Å². The molecule has 0 heterocycles. The van der Waals surface area contributed by atoms with Gasteiger partial charge in [-0.15, -0.1) is 12.1 Å². The van der Waals surface area contributed by atoms with E-state index in [1.54, 1.807) is 7.11 Å². The minimum absolute atomic E-state index is 0. The Morgan fingerprint density at radius 2 is 1.78 bits per heavy atom. The third kappa shape index (κ3) is 4.88. The Hall–Kier alpha value is -0.714. The summed E-state index contributed by atoms with van der Waals surface area (Å²) in [5.41, 5.74) is 1.13. The van der Waals surface area contributed by atoms with Crippen molar-refractivity contribution in [3.63, 3.8) is 0 Å². The first-order valence-electron chi connectivity index (χ1n) is 5.11. The number of hydrogen-bond acceptors (Lipinski definition) is 2. The largest absolute Gasteiger partial charge is 2.00 e. The van der Waals surface area contributed by atoms with E-state index in [4.69, 9.17) is 9.47 Å². The summed E-state index contributed by atoms with van der Waals surface area (Å²) in [5, 5.41) is 0. The van der Waals surface area contributed by atoms with Crippen LogP contribution in [-0.4, -0.2) is 30.2 Å². The summed E-state index contributed by atoms with van der Waals surface area (Å²) in [7, 11) is 1.62. The van der Waals surface area contributed by atoms with Gasteiger partial charge in [0.2, 0.25) is 0 Å². The third-order valence-electron chi connectivity index (χ3n) is 2.23. The predicted molar refractivity (Wildman–Crippen MR) is 68.4 cm³/mol. The van der Waals surface area contributed by atoms with Gasteiger partial charge in [-0.05, 0) is 5.56 Å². The first-order valence-corrected chi connectivity index (χ1v) is 5.11. The SMILES string of the molecule is COc1ccc[c-]c1OCc1ccccc1.[Br-].[Mg+2]. The van der Waals surface area contributed by atoms with Gasteiger partial charge >= 0.3 is 23.1 Å². The molecule has 0 N–H and O–H groups in total. The summed E-state index contributed by atoms with van der Waals surface area (Å²) in [4.78, 5) is 0. The number of ether oxygens (including phenoxy) is 2. The van der Waals surface area contributed by atoms with Crippen molar-refractivity contribution in [2.45, 2.75) is 6.61 Å². The molecule has 0 saturated carbocycles. The van der Waals surface area contributed by atoms with Crippen molar-refractivity contribution in [1.82, 2.24) is 0 Å². The van der Waals surface area contributed by atoms with Crippen molar-refractivity contribution in [2.75, 3.05) is 7.11 Å². The molecule has 0 aliphatic carbocycles. The molecular weight excluding hydrogens is 304 g/mol. The average molecular weight is 317 g/mol. The maximum Gasteiger partial charge on any atom is 2.00 e. The average Bonchev–Trinajstić information content (AvgIpc) is 2.38. The molecule has 0 radical (unpaired) electrons. The van der Waals surface area contributed by atoms with Gasteiger partial charge in [-0.1, -0.05) is 30.3 Å². The van der Waals surface area contributed by atoms with E-state index >= 15 is 0 Å². The van der Waals surface area contributed by atoms with Gasteiger partial charge in [-0.2, -0.15) is 12.1 Å². The summed E-state index contributed by atoms with van der Waals surface area (Å²) in [5.74, 6) is 1.35. The van der Waals surface area contributed by atoms with E-state index < -0.39 is 0 Å². The van der Waals surface area contributed by atoms with Gasteiger partial charge in [-0.25, -0.2) is 0 Å². The number of hydrogen-bond donors (Lipinski definition) is 0. The number of benzene rings is 2. The molecular formula is C14H13BrMgO2. The first kappa shape index (κ1) is 17.3. The molecule has 0 spiro atoms. The van der Waals surface area contributed by atoms with Crippen LogP contribution in [-0.2, 0) is 6.61 Å². The first-order chi connectivity index (χ1) is 7.90. The van der Waals surface area contributed by atoms with Gasteiger partial charge in [0, 0.05) is 11.5 Å². The van der Waals surface area contributed by atoms with Crippen LogP contribution in [0.2, 0.25) is 0 Å². The Bertz CT molecular complexity index is 449. The number of para-hydroxylation sites is 1. The zero-order valence-electron chi connectivity index (χ0n) is 10.2. The summed E-state index contributed by atoms with van der Waals surface area (Å²) in [6.07, 6.45) is 0. The molecule has 0 bridgehead atoms. The van der Waals surface area contributed by atoms with Gasteiger partial charge in [0.05, 0.1) is 7.11 Å².